The number of fused-ring (bicyclic) bond motifs is 3. The van der Waals surface area contributed by atoms with E-state index < -0.39 is 0 Å². The Kier molecular flexibility index (Phi) is 2.95. The van der Waals surface area contributed by atoms with Crippen LogP contribution in [0.4, 0.5) is 0 Å². The quantitative estimate of drug-likeness (QED) is 0.708. The van der Waals surface area contributed by atoms with Crippen molar-refractivity contribution in [3.63, 3.8) is 0 Å². The van der Waals surface area contributed by atoms with Crippen LogP contribution in [-0.2, 0) is 19.3 Å². The summed E-state index contributed by atoms with van der Waals surface area (Å²) in [6, 6.07) is 13.5. The maximum absolute atomic E-state index is 2.32. The Morgan fingerprint density at radius 2 is 1.78 bits per heavy atom. The van der Waals surface area contributed by atoms with E-state index in [1.165, 1.54) is 47.9 Å². The Hall–Kier alpha value is -1.56. The first-order chi connectivity index (χ1) is 8.81. The fraction of sp³-hybridized carbons (Fsp3) is 0.333. The van der Waals surface area contributed by atoms with Gasteiger partial charge in [0.1, 0.15) is 0 Å². The first-order valence-electron chi connectivity index (χ1n) is 7.01. The average molecular weight is 236 g/mol. The second-order valence-electron chi connectivity index (χ2n) is 5.29. The van der Waals surface area contributed by atoms with Crippen molar-refractivity contribution in [1.82, 2.24) is 0 Å². The van der Waals surface area contributed by atoms with Crippen molar-refractivity contribution in [3.8, 4) is 11.1 Å². The zero-order chi connectivity index (χ0) is 12.5. The zero-order valence-electron chi connectivity index (χ0n) is 11.3. The minimum absolute atomic E-state index is 1.20. The summed E-state index contributed by atoms with van der Waals surface area (Å²) in [4.78, 5) is 0. The summed E-state index contributed by atoms with van der Waals surface area (Å²) < 4.78 is 0. The predicted molar refractivity (Wildman–Crippen MR) is 78.0 cm³/mol. The lowest BCUT2D eigenvalue weighted by molar-refractivity contribution is 0.859. The Morgan fingerprint density at radius 1 is 0.944 bits per heavy atom. The normalized spacial score (nSPS) is 13.0. The molecular weight excluding hydrogens is 216 g/mol. The van der Waals surface area contributed by atoms with E-state index in [1.807, 2.05) is 0 Å². The van der Waals surface area contributed by atoms with Crippen LogP contribution >= 0.6 is 0 Å². The van der Waals surface area contributed by atoms with E-state index in [0.29, 0.717) is 0 Å². The second kappa shape index (κ2) is 4.61. The maximum Gasteiger partial charge on any atom is -0.0146 e. The number of rotatable bonds is 2. The van der Waals surface area contributed by atoms with Crippen molar-refractivity contribution in [1.29, 1.82) is 0 Å². The van der Waals surface area contributed by atoms with Crippen LogP contribution in [0.3, 0.4) is 0 Å². The highest BCUT2D eigenvalue weighted by Gasteiger charge is 2.18. The highest BCUT2D eigenvalue weighted by molar-refractivity contribution is 5.74. The van der Waals surface area contributed by atoms with Crippen LogP contribution in [0.25, 0.3) is 11.1 Å². The SMILES string of the molecule is CCCc1c(C)ccc2c1CCc1ccccc1-2. The van der Waals surface area contributed by atoms with Gasteiger partial charge in [0.25, 0.3) is 0 Å². The van der Waals surface area contributed by atoms with Crippen LogP contribution in [0.2, 0.25) is 0 Å². The lowest BCUT2D eigenvalue weighted by Crippen LogP contribution is -2.08. The van der Waals surface area contributed by atoms with E-state index >= 15 is 0 Å². The van der Waals surface area contributed by atoms with E-state index in [0.717, 1.165) is 0 Å². The summed E-state index contributed by atoms with van der Waals surface area (Å²) in [6.07, 6.45) is 4.86. The van der Waals surface area contributed by atoms with Crippen molar-refractivity contribution in [2.75, 3.05) is 0 Å². The van der Waals surface area contributed by atoms with Crippen molar-refractivity contribution in [3.05, 3.63) is 58.7 Å². The van der Waals surface area contributed by atoms with Crippen LogP contribution in [0.5, 0.6) is 0 Å². The van der Waals surface area contributed by atoms with Gasteiger partial charge >= 0.3 is 0 Å². The van der Waals surface area contributed by atoms with Crippen molar-refractivity contribution in [2.24, 2.45) is 0 Å². The molecule has 2 aromatic carbocycles. The molecule has 2 aromatic rings. The van der Waals surface area contributed by atoms with Crippen LogP contribution in [0, 0.1) is 6.92 Å². The van der Waals surface area contributed by atoms with Gasteiger partial charge in [-0.2, -0.15) is 0 Å². The van der Waals surface area contributed by atoms with Gasteiger partial charge < -0.3 is 0 Å². The third kappa shape index (κ3) is 1.77. The molecule has 0 unspecified atom stereocenters. The molecule has 0 heteroatoms. The Balaban J connectivity index is 2.21. The Labute approximate surface area is 110 Å². The molecule has 0 N–H and O–H groups in total. The van der Waals surface area contributed by atoms with E-state index in [1.54, 1.807) is 11.1 Å². The summed E-state index contributed by atoms with van der Waals surface area (Å²) in [5, 5.41) is 0. The number of hydrogen-bond acceptors (Lipinski definition) is 0. The first kappa shape index (κ1) is 11.5. The van der Waals surface area contributed by atoms with Gasteiger partial charge in [-0.05, 0) is 59.6 Å². The lowest BCUT2D eigenvalue weighted by atomic mass is 9.81. The lowest BCUT2D eigenvalue weighted by Gasteiger charge is -2.23. The minimum Gasteiger partial charge on any atom is -0.0651 e. The summed E-state index contributed by atoms with van der Waals surface area (Å²) in [5.41, 5.74) is 9.12. The molecule has 0 saturated heterocycles. The number of aryl methyl sites for hydroxylation is 2. The minimum atomic E-state index is 1.20. The van der Waals surface area contributed by atoms with Gasteiger partial charge in [0.15, 0.2) is 0 Å². The van der Waals surface area contributed by atoms with Crippen molar-refractivity contribution in [2.45, 2.75) is 39.5 Å². The summed E-state index contributed by atoms with van der Waals surface area (Å²) in [6.45, 7) is 4.53. The molecular formula is C18H20. The largest absolute Gasteiger partial charge is 0.0651 e. The molecule has 0 saturated carbocycles. The first-order valence-corrected chi connectivity index (χ1v) is 7.01. The topological polar surface area (TPSA) is 0 Å². The van der Waals surface area contributed by atoms with Crippen molar-refractivity contribution < 1.29 is 0 Å². The molecule has 0 atom stereocenters. The predicted octanol–water partition coefficient (Wildman–Crippen LogP) is 4.71. The molecule has 0 heterocycles. The van der Waals surface area contributed by atoms with Gasteiger partial charge in [-0.3, -0.25) is 0 Å². The van der Waals surface area contributed by atoms with Crippen LogP contribution in [-0.4, -0.2) is 0 Å². The molecule has 0 aliphatic heterocycles. The van der Waals surface area contributed by atoms with E-state index in [-0.39, 0.29) is 0 Å². The smallest absolute Gasteiger partial charge is 0.0146 e. The van der Waals surface area contributed by atoms with E-state index in [9.17, 15) is 0 Å². The molecule has 0 aromatic heterocycles. The molecule has 3 rings (SSSR count). The fourth-order valence-electron chi connectivity index (χ4n) is 3.21. The molecule has 0 radical (unpaired) electrons. The highest BCUT2D eigenvalue weighted by atomic mass is 14.2. The van der Waals surface area contributed by atoms with Gasteiger partial charge in [0.2, 0.25) is 0 Å². The average Bonchev–Trinajstić information content (AvgIpc) is 2.41. The van der Waals surface area contributed by atoms with Crippen LogP contribution in [0.15, 0.2) is 36.4 Å². The molecule has 92 valence electrons. The third-order valence-electron chi connectivity index (χ3n) is 4.12. The molecule has 0 amide bonds. The van der Waals surface area contributed by atoms with Crippen LogP contribution < -0.4 is 0 Å². The van der Waals surface area contributed by atoms with E-state index in [4.69, 9.17) is 0 Å². The molecule has 0 nitrogen and oxygen atoms in total. The standard InChI is InChI=1S/C18H20/c1-3-6-15-13(2)9-11-18-16-8-5-4-7-14(16)10-12-17(15)18/h4-5,7-9,11H,3,6,10,12H2,1-2H3. The number of benzene rings is 2. The maximum atomic E-state index is 2.32. The van der Waals surface area contributed by atoms with Crippen molar-refractivity contribution >= 4 is 0 Å². The van der Waals surface area contributed by atoms with Gasteiger partial charge in [0, 0.05) is 0 Å². The Morgan fingerprint density at radius 3 is 2.61 bits per heavy atom. The summed E-state index contributed by atoms with van der Waals surface area (Å²) >= 11 is 0. The molecule has 1 aliphatic carbocycles. The number of hydrogen-bond donors (Lipinski definition) is 0. The monoisotopic (exact) mass is 236 g/mol. The highest BCUT2D eigenvalue weighted by Crippen LogP contribution is 2.36. The molecule has 0 bridgehead atoms. The summed E-state index contributed by atoms with van der Waals surface area (Å²) in [5.74, 6) is 0. The van der Waals surface area contributed by atoms with Crippen LogP contribution in [0.1, 0.15) is 35.6 Å². The fourth-order valence-corrected chi connectivity index (χ4v) is 3.21. The molecule has 0 spiro atoms. The molecule has 1 aliphatic rings. The van der Waals surface area contributed by atoms with Gasteiger partial charge in [-0.25, -0.2) is 0 Å². The summed E-state index contributed by atoms with van der Waals surface area (Å²) in [7, 11) is 0. The van der Waals surface area contributed by atoms with Gasteiger partial charge in [-0.15, -0.1) is 0 Å². The Bertz CT molecular complexity index is 579. The third-order valence-corrected chi connectivity index (χ3v) is 4.12. The van der Waals surface area contributed by atoms with Gasteiger partial charge in [0.05, 0.1) is 0 Å². The zero-order valence-corrected chi connectivity index (χ0v) is 11.3. The van der Waals surface area contributed by atoms with E-state index in [2.05, 4.69) is 50.2 Å². The second-order valence-corrected chi connectivity index (χ2v) is 5.29. The molecule has 18 heavy (non-hydrogen) atoms. The molecule has 0 fully saturated rings. The van der Waals surface area contributed by atoms with Gasteiger partial charge in [-0.1, -0.05) is 49.7 Å².